The normalized spacial score (nSPS) is 20.3. The van der Waals surface area contributed by atoms with E-state index in [1.54, 1.807) is 19.6 Å². The number of anilines is 2. The van der Waals surface area contributed by atoms with Crippen LogP contribution in [0.2, 0.25) is 0 Å². The second kappa shape index (κ2) is 9.68. The zero-order valence-corrected chi connectivity index (χ0v) is 20.3. The lowest BCUT2D eigenvalue weighted by atomic mass is 10.1. The summed E-state index contributed by atoms with van der Waals surface area (Å²) >= 11 is 0.962. The van der Waals surface area contributed by atoms with Crippen LogP contribution in [0.25, 0.3) is 15.9 Å². The van der Waals surface area contributed by atoms with Crippen molar-refractivity contribution in [3.8, 4) is 5.69 Å². The van der Waals surface area contributed by atoms with E-state index in [0.717, 1.165) is 22.6 Å². The number of hydrogen-bond donors (Lipinski definition) is 3. The molecule has 0 spiro atoms. The molecule has 190 valence electrons. The molecule has 0 unspecified atom stereocenters. The van der Waals surface area contributed by atoms with Crippen molar-refractivity contribution in [2.75, 3.05) is 17.7 Å². The van der Waals surface area contributed by atoms with Gasteiger partial charge in [-0.05, 0) is 36.6 Å². The van der Waals surface area contributed by atoms with Crippen LogP contribution in [-0.4, -0.2) is 56.0 Å². The van der Waals surface area contributed by atoms with Gasteiger partial charge in [-0.2, -0.15) is 18.2 Å². The van der Waals surface area contributed by atoms with E-state index in [4.69, 9.17) is 5.73 Å². The third-order valence-corrected chi connectivity index (χ3v) is 7.51. The summed E-state index contributed by atoms with van der Waals surface area (Å²) in [7, 11) is 1.79. The van der Waals surface area contributed by atoms with Gasteiger partial charge in [0, 0.05) is 42.6 Å². The minimum atomic E-state index is -4.31. The number of rotatable bonds is 7. The van der Waals surface area contributed by atoms with Crippen LogP contribution in [0.1, 0.15) is 23.3 Å². The number of halogens is 3. The Morgan fingerprint density at radius 2 is 2.00 bits per heavy atom. The zero-order chi connectivity index (χ0) is 25.4. The van der Waals surface area contributed by atoms with Crippen molar-refractivity contribution in [1.82, 2.24) is 24.8 Å². The lowest BCUT2D eigenvalue weighted by Crippen LogP contribution is -2.38. The molecule has 0 amide bonds. The number of imidazole rings is 1. The highest BCUT2D eigenvalue weighted by Crippen LogP contribution is 2.37. The van der Waals surface area contributed by atoms with Crippen molar-refractivity contribution < 1.29 is 18.3 Å². The highest BCUT2D eigenvalue weighted by atomic mass is 32.1. The van der Waals surface area contributed by atoms with Crippen molar-refractivity contribution in [2.45, 2.75) is 50.2 Å². The number of benzene rings is 1. The Kier molecular flexibility index (Phi) is 6.58. The number of hydrogen-bond acceptors (Lipinski definition) is 8. The van der Waals surface area contributed by atoms with Gasteiger partial charge in [0.15, 0.2) is 0 Å². The molecule has 1 aliphatic carbocycles. The molecule has 0 aliphatic heterocycles. The first-order valence-corrected chi connectivity index (χ1v) is 12.3. The molecule has 5 rings (SSSR count). The first-order valence-electron chi connectivity index (χ1n) is 11.5. The molecule has 0 bridgehead atoms. The summed E-state index contributed by atoms with van der Waals surface area (Å²) in [5.74, 6) is 0.424. The Bertz CT molecular complexity index is 1320. The van der Waals surface area contributed by atoms with Gasteiger partial charge in [0.2, 0.25) is 5.95 Å². The fraction of sp³-hybridized carbons (Fsp3) is 0.375. The van der Waals surface area contributed by atoms with Gasteiger partial charge in [0.25, 0.3) is 0 Å². The molecule has 0 saturated heterocycles. The zero-order valence-electron chi connectivity index (χ0n) is 19.5. The number of nitrogen functional groups attached to an aromatic ring is 1. The van der Waals surface area contributed by atoms with Gasteiger partial charge in [-0.15, -0.1) is 11.3 Å². The monoisotopic (exact) mass is 517 g/mol. The Morgan fingerprint density at radius 1 is 1.22 bits per heavy atom. The lowest BCUT2D eigenvalue weighted by molar-refractivity contribution is -0.126. The van der Waals surface area contributed by atoms with Gasteiger partial charge in [-0.1, -0.05) is 12.1 Å². The van der Waals surface area contributed by atoms with Gasteiger partial charge < -0.3 is 25.6 Å². The van der Waals surface area contributed by atoms with Crippen LogP contribution in [0, 0.1) is 0 Å². The maximum absolute atomic E-state index is 12.9. The van der Waals surface area contributed by atoms with Gasteiger partial charge in [-0.3, -0.25) is 0 Å². The summed E-state index contributed by atoms with van der Waals surface area (Å²) < 4.78 is 40.7. The smallest absolute Gasteiger partial charge is 0.391 e. The molecule has 1 fully saturated rings. The van der Waals surface area contributed by atoms with Crippen LogP contribution in [0.3, 0.4) is 0 Å². The molecule has 36 heavy (non-hydrogen) atoms. The molecule has 1 aliphatic rings. The van der Waals surface area contributed by atoms with E-state index in [9.17, 15) is 18.3 Å². The number of fused-ring (bicyclic) bond motifs is 1. The number of nitrogens with zero attached hydrogens (tertiary/aromatic N) is 5. The third kappa shape index (κ3) is 5.30. The molecule has 4 aromatic rings. The van der Waals surface area contributed by atoms with E-state index in [-0.39, 0.29) is 22.9 Å². The summed E-state index contributed by atoms with van der Waals surface area (Å²) in [5, 5.41) is 14.8. The maximum atomic E-state index is 12.9. The van der Waals surface area contributed by atoms with E-state index in [1.807, 2.05) is 39.9 Å². The molecule has 3 atom stereocenters. The first-order chi connectivity index (χ1) is 17.2. The second-order valence-electron chi connectivity index (χ2n) is 9.06. The number of aromatic nitrogens is 4. The van der Waals surface area contributed by atoms with Crippen LogP contribution in [0.4, 0.5) is 24.9 Å². The highest BCUT2D eigenvalue weighted by molar-refractivity contribution is 7.18. The molecule has 12 heteroatoms. The number of thiophene rings is 1. The van der Waals surface area contributed by atoms with Crippen LogP contribution in [0.5, 0.6) is 0 Å². The average Bonchev–Trinajstić information content (AvgIpc) is 3.56. The van der Waals surface area contributed by atoms with E-state index >= 15 is 0 Å². The average molecular weight is 518 g/mol. The van der Waals surface area contributed by atoms with Crippen LogP contribution in [0.15, 0.2) is 49.1 Å². The van der Waals surface area contributed by atoms with Crippen molar-refractivity contribution >= 4 is 33.3 Å². The van der Waals surface area contributed by atoms with Gasteiger partial charge in [0.05, 0.1) is 30.3 Å². The molecular formula is C24H26F3N7OS. The molecule has 3 heterocycles. The van der Waals surface area contributed by atoms with Crippen molar-refractivity contribution in [3.05, 3.63) is 59.5 Å². The maximum Gasteiger partial charge on any atom is 0.393 e. The summed E-state index contributed by atoms with van der Waals surface area (Å²) in [5.41, 5.74) is 8.01. The van der Waals surface area contributed by atoms with Crippen LogP contribution < -0.4 is 16.0 Å². The quantitative estimate of drug-likeness (QED) is 0.344. The lowest BCUT2D eigenvalue weighted by Gasteiger charge is -2.28. The van der Waals surface area contributed by atoms with Crippen LogP contribution in [-0.2, 0) is 13.0 Å². The topological polar surface area (TPSA) is 105 Å². The van der Waals surface area contributed by atoms with E-state index < -0.39 is 18.7 Å². The number of alkyl halides is 3. The minimum Gasteiger partial charge on any atom is -0.391 e. The van der Waals surface area contributed by atoms with E-state index in [1.165, 1.54) is 6.07 Å². The van der Waals surface area contributed by atoms with Crippen LogP contribution >= 0.6 is 11.3 Å². The van der Waals surface area contributed by atoms with Crippen molar-refractivity contribution in [1.29, 1.82) is 0 Å². The van der Waals surface area contributed by atoms with Gasteiger partial charge >= 0.3 is 6.18 Å². The molecule has 3 aromatic heterocycles. The second-order valence-corrected chi connectivity index (χ2v) is 10.2. The Labute approximate surface area is 209 Å². The fourth-order valence-electron chi connectivity index (χ4n) is 4.72. The predicted molar refractivity (Wildman–Crippen MR) is 133 cm³/mol. The van der Waals surface area contributed by atoms with E-state index in [0.29, 0.717) is 35.4 Å². The molecule has 4 N–H and O–H groups in total. The summed E-state index contributed by atoms with van der Waals surface area (Å²) in [6.45, 7) is 0.647. The molecule has 8 nitrogen and oxygen atoms in total. The molecule has 0 radical (unpaired) electrons. The highest BCUT2D eigenvalue weighted by Gasteiger charge is 2.37. The fourth-order valence-corrected chi connectivity index (χ4v) is 5.78. The van der Waals surface area contributed by atoms with Gasteiger partial charge in [-0.25, -0.2) is 9.97 Å². The van der Waals surface area contributed by atoms with Crippen molar-refractivity contribution in [2.24, 2.45) is 0 Å². The summed E-state index contributed by atoms with van der Waals surface area (Å²) in [4.78, 5) is 14.9. The Balaban J connectivity index is 1.26. The largest absolute Gasteiger partial charge is 0.393 e. The third-order valence-electron chi connectivity index (χ3n) is 6.48. The minimum absolute atomic E-state index is 0.00828. The molecule has 1 aromatic carbocycles. The molecule has 1 saturated carbocycles. The number of nitrogens with two attached hydrogens (primary N) is 1. The number of likely N-dealkylation sites (N-methyl/N-ethyl adjacent to an activating group) is 1. The summed E-state index contributed by atoms with van der Waals surface area (Å²) in [6, 6.07) is 9.42. The number of aliphatic hydroxyl groups is 1. The standard InChI is InChI=1S/C24H26F3N7OS/c1-33(21-18-10-17(11-24(25,26)27)36-22(18)32-23(28)31-21)19-8-15(9-20(19)35)30-12-14-2-4-16(5-3-14)34-7-6-29-13-34/h2-7,10,13,15,19-20,30,35H,8-9,11-12H2,1H3,(H2,28,31,32)/t15-,19+,20-/m1/s1. The predicted octanol–water partition coefficient (Wildman–Crippen LogP) is 3.68. The Hall–Kier alpha value is -3.22. The molecular weight excluding hydrogens is 491 g/mol. The SMILES string of the molecule is CN(c1nc(N)nc2sc(CC(F)(F)F)cc12)[C@H]1C[C@@H](NCc2ccc(-n3ccnc3)cc2)C[C@H]1O. The number of nitrogens with one attached hydrogen (secondary N) is 1. The van der Waals surface area contributed by atoms with E-state index in [2.05, 4.69) is 20.3 Å². The number of aliphatic hydroxyl groups excluding tert-OH is 1. The Morgan fingerprint density at radius 3 is 2.69 bits per heavy atom. The van der Waals surface area contributed by atoms with Crippen molar-refractivity contribution in [3.63, 3.8) is 0 Å². The first kappa shape index (κ1) is 24.5. The summed E-state index contributed by atoms with van der Waals surface area (Å²) in [6.07, 6.45) is 0.590. The van der Waals surface area contributed by atoms with Gasteiger partial charge in [0.1, 0.15) is 10.6 Å².